The number of ketones is 1. The Morgan fingerprint density at radius 1 is 1.21 bits per heavy atom. The Hall–Kier alpha value is -1.55. The maximum atomic E-state index is 12.6. The van der Waals surface area contributed by atoms with Crippen molar-refractivity contribution in [2.24, 2.45) is 0 Å². The molecule has 19 heavy (non-hydrogen) atoms. The highest BCUT2D eigenvalue weighted by Crippen LogP contribution is 2.29. The topological polar surface area (TPSA) is 38.8 Å². The van der Waals surface area contributed by atoms with E-state index in [4.69, 9.17) is 9.47 Å². The fourth-order valence-electron chi connectivity index (χ4n) is 1.90. The predicted molar refractivity (Wildman–Crippen MR) is 76.3 cm³/mol. The van der Waals surface area contributed by atoms with Gasteiger partial charge in [0.15, 0.2) is 17.3 Å². The van der Waals surface area contributed by atoms with Gasteiger partial charge in [0.05, 0.1) is 19.8 Å². The summed E-state index contributed by atoms with van der Waals surface area (Å²) in [4.78, 5) is 14.6. The predicted octanol–water partition coefficient (Wildman–Crippen LogP) is 2.62. The number of hydrogen-bond donors (Lipinski definition) is 0. The lowest BCUT2D eigenvalue weighted by atomic mass is 9.91. The van der Waals surface area contributed by atoms with Gasteiger partial charge in [-0.1, -0.05) is 6.92 Å². The van der Waals surface area contributed by atoms with E-state index in [9.17, 15) is 4.79 Å². The van der Waals surface area contributed by atoms with Crippen molar-refractivity contribution in [1.82, 2.24) is 4.90 Å². The van der Waals surface area contributed by atoms with Crippen LogP contribution in [0.3, 0.4) is 0 Å². The van der Waals surface area contributed by atoms with Gasteiger partial charge in [-0.3, -0.25) is 9.69 Å². The summed E-state index contributed by atoms with van der Waals surface area (Å²) in [7, 11) is 5.09. The SMILES string of the molecule is CCN(C)C(C)(C)C(=O)c1ccc(OC)c(OC)c1. The monoisotopic (exact) mass is 265 g/mol. The molecule has 0 spiro atoms. The lowest BCUT2D eigenvalue weighted by Gasteiger charge is -2.33. The van der Waals surface area contributed by atoms with Gasteiger partial charge in [-0.2, -0.15) is 0 Å². The summed E-state index contributed by atoms with van der Waals surface area (Å²) in [5.41, 5.74) is 0.0805. The summed E-state index contributed by atoms with van der Waals surface area (Å²) in [6, 6.07) is 5.26. The average molecular weight is 265 g/mol. The quantitative estimate of drug-likeness (QED) is 0.741. The fraction of sp³-hybridized carbons (Fsp3) is 0.533. The summed E-state index contributed by atoms with van der Waals surface area (Å²) in [6.45, 7) is 6.70. The number of likely N-dealkylation sites (N-methyl/N-ethyl adjacent to an activating group) is 1. The molecule has 0 aliphatic heterocycles. The van der Waals surface area contributed by atoms with Crippen molar-refractivity contribution in [2.45, 2.75) is 26.3 Å². The highest BCUT2D eigenvalue weighted by molar-refractivity contribution is 6.03. The molecule has 0 aliphatic rings. The lowest BCUT2D eigenvalue weighted by molar-refractivity contribution is 0.0718. The second-order valence-electron chi connectivity index (χ2n) is 4.97. The van der Waals surface area contributed by atoms with E-state index in [1.54, 1.807) is 32.4 Å². The van der Waals surface area contributed by atoms with E-state index < -0.39 is 5.54 Å². The Labute approximate surface area is 115 Å². The molecule has 0 atom stereocenters. The van der Waals surface area contributed by atoms with E-state index in [0.29, 0.717) is 17.1 Å². The third-order valence-electron chi connectivity index (χ3n) is 3.63. The Bertz CT molecular complexity index is 455. The zero-order valence-corrected chi connectivity index (χ0v) is 12.6. The third-order valence-corrected chi connectivity index (χ3v) is 3.63. The number of hydrogen-bond acceptors (Lipinski definition) is 4. The molecule has 1 rings (SSSR count). The molecule has 0 unspecified atom stereocenters. The molecule has 1 aromatic carbocycles. The maximum absolute atomic E-state index is 12.6. The Morgan fingerprint density at radius 2 is 1.79 bits per heavy atom. The maximum Gasteiger partial charge on any atom is 0.182 e. The van der Waals surface area contributed by atoms with Gasteiger partial charge in [-0.15, -0.1) is 0 Å². The van der Waals surface area contributed by atoms with Crippen LogP contribution >= 0.6 is 0 Å². The van der Waals surface area contributed by atoms with E-state index in [1.807, 2.05) is 32.7 Å². The molecule has 4 nitrogen and oxygen atoms in total. The average Bonchev–Trinajstić information content (AvgIpc) is 2.44. The molecule has 0 fully saturated rings. The number of ether oxygens (including phenoxy) is 2. The minimum Gasteiger partial charge on any atom is -0.493 e. The molecule has 0 radical (unpaired) electrons. The first-order chi connectivity index (χ1) is 8.88. The van der Waals surface area contributed by atoms with Gasteiger partial charge >= 0.3 is 0 Å². The van der Waals surface area contributed by atoms with Crippen molar-refractivity contribution < 1.29 is 14.3 Å². The lowest BCUT2D eigenvalue weighted by Crippen LogP contribution is -2.47. The zero-order chi connectivity index (χ0) is 14.6. The van der Waals surface area contributed by atoms with Crippen LogP contribution in [0.15, 0.2) is 18.2 Å². The number of carbonyl (C=O) groups is 1. The molecule has 0 bridgehead atoms. The normalized spacial score (nSPS) is 11.5. The second-order valence-corrected chi connectivity index (χ2v) is 4.97. The van der Waals surface area contributed by atoms with Crippen LogP contribution in [0.4, 0.5) is 0 Å². The van der Waals surface area contributed by atoms with Crippen LogP contribution in [0, 0.1) is 0 Å². The van der Waals surface area contributed by atoms with E-state index >= 15 is 0 Å². The van der Waals surface area contributed by atoms with E-state index in [0.717, 1.165) is 6.54 Å². The highest BCUT2D eigenvalue weighted by Gasteiger charge is 2.32. The number of nitrogens with zero attached hydrogens (tertiary/aromatic N) is 1. The molecule has 0 saturated carbocycles. The number of methoxy groups -OCH3 is 2. The molecule has 4 heteroatoms. The van der Waals surface area contributed by atoms with Crippen molar-refractivity contribution in [3.05, 3.63) is 23.8 Å². The van der Waals surface area contributed by atoms with Gasteiger partial charge in [0.2, 0.25) is 0 Å². The summed E-state index contributed by atoms with van der Waals surface area (Å²) in [6.07, 6.45) is 0. The van der Waals surface area contributed by atoms with Gasteiger partial charge in [-0.05, 0) is 45.6 Å². The van der Waals surface area contributed by atoms with Crippen LogP contribution in [0.5, 0.6) is 11.5 Å². The molecule has 0 aliphatic carbocycles. The van der Waals surface area contributed by atoms with Gasteiger partial charge in [0.1, 0.15) is 0 Å². The first kappa shape index (κ1) is 15.5. The largest absolute Gasteiger partial charge is 0.493 e. The number of rotatable bonds is 6. The molecule has 1 aromatic rings. The minimum atomic E-state index is -0.547. The van der Waals surface area contributed by atoms with Crippen LogP contribution in [0.25, 0.3) is 0 Å². The first-order valence-corrected chi connectivity index (χ1v) is 6.36. The summed E-state index contributed by atoms with van der Waals surface area (Å²) >= 11 is 0. The van der Waals surface area contributed by atoms with Crippen LogP contribution in [-0.4, -0.2) is 44.0 Å². The van der Waals surface area contributed by atoms with Gasteiger partial charge < -0.3 is 9.47 Å². The van der Waals surface area contributed by atoms with Crippen molar-refractivity contribution in [3.8, 4) is 11.5 Å². The fourth-order valence-corrected chi connectivity index (χ4v) is 1.90. The van der Waals surface area contributed by atoms with E-state index in [2.05, 4.69) is 0 Å². The Balaban J connectivity index is 3.13. The number of carbonyl (C=O) groups excluding carboxylic acids is 1. The van der Waals surface area contributed by atoms with Crippen molar-refractivity contribution in [3.63, 3.8) is 0 Å². The number of benzene rings is 1. The van der Waals surface area contributed by atoms with Crippen LogP contribution < -0.4 is 9.47 Å². The summed E-state index contributed by atoms with van der Waals surface area (Å²) in [5.74, 6) is 1.27. The molecule has 0 amide bonds. The second kappa shape index (κ2) is 6.06. The van der Waals surface area contributed by atoms with Crippen molar-refractivity contribution in [2.75, 3.05) is 27.8 Å². The van der Waals surface area contributed by atoms with Gasteiger partial charge in [0, 0.05) is 5.56 Å². The van der Waals surface area contributed by atoms with Gasteiger partial charge in [-0.25, -0.2) is 0 Å². The molecule has 106 valence electrons. The highest BCUT2D eigenvalue weighted by atomic mass is 16.5. The summed E-state index contributed by atoms with van der Waals surface area (Å²) in [5, 5.41) is 0. The number of Topliss-reactive ketones (excluding diaryl/α,β-unsaturated/α-hetero) is 1. The van der Waals surface area contributed by atoms with E-state index in [-0.39, 0.29) is 5.78 Å². The molecular formula is C15H23NO3. The van der Waals surface area contributed by atoms with Crippen LogP contribution in [0.2, 0.25) is 0 Å². The minimum absolute atomic E-state index is 0.0674. The molecular weight excluding hydrogens is 242 g/mol. The molecule has 0 heterocycles. The van der Waals surface area contributed by atoms with Crippen molar-refractivity contribution in [1.29, 1.82) is 0 Å². The van der Waals surface area contributed by atoms with Crippen LogP contribution in [0.1, 0.15) is 31.1 Å². The smallest absolute Gasteiger partial charge is 0.182 e. The molecule has 0 aromatic heterocycles. The standard InChI is InChI=1S/C15H23NO3/c1-7-16(4)15(2,3)14(17)11-8-9-12(18-5)13(10-11)19-6/h8-10H,7H2,1-6H3. The van der Waals surface area contributed by atoms with Crippen molar-refractivity contribution >= 4 is 5.78 Å². The molecule has 0 saturated heterocycles. The Kier molecular flexibility index (Phi) is 4.95. The van der Waals surface area contributed by atoms with Gasteiger partial charge in [0.25, 0.3) is 0 Å². The third kappa shape index (κ3) is 3.07. The zero-order valence-electron chi connectivity index (χ0n) is 12.6. The van der Waals surface area contributed by atoms with Crippen LogP contribution in [-0.2, 0) is 0 Å². The Morgan fingerprint density at radius 3 is 2.26 bits per heavy atom. The molecule has 0 N–H and O–H groups in total. The summed E-state index contributed by atoms with van der Waals surface area (Å²) < 4.78 is 10.4. The van der Waals surface area contributed by atoms with E-state index in [1.165, 1.54) is 0 Å². The first-order valence-electron chi connectivity index (χ1n) is 6.36.